The Morgan fingerprint density at radius 3 is 2.58 bits per heavy atom. The lowest BCUT2D eigenvalue weighted by atomic mass is 10.0. The van der Waals surface area contributed by atoms with Crippen LogP contribution in [0, 0.1) is 12.8 Å². The van der Waals surface area contributed by atoms with Crippen molar-refractivity contribution >= 4 is 22.5 Å². The van der Waals surface area contributed by atoms with Crippen molar-refractivity contribution in [3.63, 3.8) is 0 Å². The van der Waals surface area contributed by atoms with Gasteiger partial charge in [0.05, 0.1) is 5.52 Å². The average molecular weight is 422 g/mol. The highest BCUT2D eigenvalue weighted by molar-refractivity contribution is 5.95. The van der Waals surface area contributed by atoms with E-state index >= 15 is 0 Å². The van der Waals surface area contributed by atoms with Gasteiger partial charge in [0.15, 0.2) is 12.3 Å². The van der Waals surface area contributed by atoms with Gasteiger partial charge in [-0.1, -0.05) is 58.0 Å². The number of aromatic hydroxyl groups is 1. The van der Waals surface area contributed by atoms with Crippen molar-refractivity contribution in [3.8, 4) is 11.6 Å². The van der Waals surface area contributed by atoms with Crippen molar-refractivity contribution in [3.05, 3.63) is 53.6 Å². The second-order valence-corrected chi connectivity index (χ2v) is 8.60. The van der Waals surface area contributed by atoms with Crippen LogP contribution in [0.3, 0.4) is 0 Å². The molecule has 164 valence electrons. The van der Waals surface area contributed by atoms with Crippen LogP contribution in [0.2, 0.25) is 0 Å². The highest BCUT2D eigenvalue weighted by atomic mass is 16.5. The monoisotopic (exact) mass is 421 g/mol. The molecule has 3 rings (SSSR count). The molecule has 0 aliphatic rings. The average Bonchev–Trinajstić information content (AvgIpc) is 2.99. The predicted octanol–water partition coefficient (Wildman–Crippen LogP) is 6.51. The van der Waals surface area contributed by atoms with Crippen LogP contribution in [-0.4, -0.2) is 22.2 Å². The van der Waals surface area contributed by atoms with Gasteiger partial charge in [-0.3, -0.25) is 4.79 Å². The molecule has 2 aromatic carbocycles. The summed E-state index contributed by atoms with van der Waals surface area (Å²) in [5.74, 6) is 0.990. The second kappa shape index (κ2) is 9.77. The molecule has 0 aliphatic carbocycles. The summed E-state index contributed by atoms with van der Waals surface area (Å²) in [6, 6.07) is 13.6. The zero-order valence-corrected chi connectivity index (χ0v) is 18.9. The maximum absolute atomic E-state index is 12.4. The Morgan fingerprint density at radius 1 is 1.13 bits per heavy atom. The molecule has 31 heavy (non-hydrogen) atoms. The molecule has 0 radical (unpaired) electrons. The molecule has 6 nitrogen and oxygen atoms in total. The summed E-state index contributed by atoms with van der Waals surface area (Å²) in [7, 11) is 0. The van der Waals surface area contributed by atoms with Crippen LogP contribution >= 0.6 is 0 Å². The van der Waals surface area contributed by atoms with Crippen molar-refractivity contribution < 1.29 is 14.6 Å². The number of benzene rings is 2. The number of hydrogen-bond donors (Lipinski definition) is 1. The minimum Gasteiger partial charge on any atom is -0.493 e. The fourth-order valence-corrected chi connectivity index (χ4v) is 3.50. The summed E-state index contributed by atoms with van der Waals surface area (Å²) in [6.45, 7) is 10.9. The van der Waals surface area contributed by atoms with Crippen molar-refractivity contribution in [2.45, 2.75) is 53.5 Å². The van der Waals surface area contributed by atoms with Crippen LogP contribution in [-0.2, 0) is 11.3 Å². The molecule has 1 N–H and O–H groups in total. The maximum atomic E-state index is 12.4. The number of amides is 1. The van der Waals surface area contributed by atoms with Gasteiger partial charge in [-0.25, -0.2) is 0 Å². The lowest BCUT2D eigenvalue weighted by Gasteiger charge is -2.13. The normalized spacial score (nSPS) is 11.8. The second-order valence-electron chi connectivity index (χ2n) is 8.60. The van der Waals surface area contributed by atoms with Crippen molar-refractivity contribution in [1.82, 2.24) is 4.57 Å². The predicted molar refractivity (Wildman–Crippen MR) is 123 cm³/mol. The minimum absolute atomic E-state index is 0.0279. The quantitative estimate of drug-likeness (QED) is 0.421. The maximum Gasteiger partial charge on any atom is 0.302 e. The summed E-state index contributed by atoms with van der Waals surface area (Å²) in [6.07, 6.45) is 0.921. The molecule has 0 aliphatic heterocycles. The zero-order valence-electron chi connectivity index (χ0n) is 18.9. The molecule has 0 spiro atoms. The smallest absolute Gasteiger partial charge is 0.302 e. The van der Waals surface area contributed by atoms with Crippen LogP contribution in [0.4, 0.5) is 5.69 Å². The Labute approximate surface area is 183 Å². The fourth-order valence-electron chi connectivity index (χ4n) is 3.50. The Morgan fingerprint density at radius 2 is 1.87 bits per heavy atom. The van der Waals surface area contributed by atoms with Crippen molar-refractivity contribution in [2.75, 3.05) is 6.61 Å². The van der Waals surface area contributed by atoms with E-state index in [4.69, 9.17) is 4.74 Å². The Kier molecular flexibility index (Phi) is 7.10. The Balaban J connectivity index is 1.78. The summed E-state index contributed by atoms with van der Waals surface area (Å²) in [4.78, 5) is 12.4. The minimum atomic E-state index is -0.505. The van der Waals surface area contributed by atoms with E-state index in [0.29, 0.717) is 23.9 Å². The molecule has 1 aromatic heterocycles. The number of fused-ring (bicyclic) bond motifs is 1. The number of hydrogen-bond acceptors (Lipinski definition) is 4. The number of azo groups is 1. The lowest BCUT2D eigenvalue weighted by Crippen LogP contribution is -2.09. The number of rotatable bonds is 8. The largest absolute Gasteiger partial charge is 0.493 e. The number of nitrogens with zero attached hydrogens (tertiary/aromatic N) is 3. The van der Waals surface area contributed by atoms with E-state index in [9.17, 15) is 9.90 Å². The SMILES string of the molecule is Cc1ccc(C(C)C)c(OCC(=O)N=Nc2c(O)n(CCC(C)C)c3ccccc23)c1. The summed E-state index contributed by atoms with van der Waals surface area (Å²) in [5.41, 5.74) is 3.29. The van der Waals surface area contributed by atoms with Crippen LogP contribution in [0.5, 0.6) is 11.6 Å². The first kappa shape index (κ1) is 22.5. The third-order valence-corrected chi connectivity index (χ3v) is 5.25. The van der Waals surface area contributed by atoms with E-state index < -0.39 is 5.91 Å². The van der Waals surface area contributed by atoms with E-state index in [1.807, 2.05) is 54.0 Å². The first-order chi connectivity index (χ1) is 14.8. The molecule has 3 aromatic rings. The van der Waals surface area contributed by atoms with E-state index in [2.05, 4.69) is 37.9 Å². The molecule has 0 fully saturated rings. The molecule has 0 unspecified atom stereocenters. The van der Waals surface area contributed by atoms with E-state index in [1.54, 1.807) is 0 Å². The Hall–Kier alpha value is -3.15. The molecule has 6 heteroatoms. The lowest BCUT2D eigenvalue weighted by molar-refractivity contribution is -0.120. The van der Waals surface area contributed by atoms with Crippen LogP contribution in [0.15, 0.2) is 52.7 Å². The van der Waals surface area contributed by atoms with Crippen molar-refractivity contribution in [1.29, 1.82) is 0 Å². The van der Waals surface area contributed by atoms with Gasteiger partial charge in [-0.2, -0.15) is 0 Å². The highest BCUT2D eigenvalue weighted by Gasteiger charge is 2.17. The fraction of sp³-hybridized carbons (Fsp3) is 0.400. The summed E-state index contributed by atoms with van der Waals surface area (Å²) in [5, 5.41) is 19.4. The van der Waals surface area contributed by atoms with E-state index in [1.165, 1.54) is 0 Å². The molecular weight excluding hydrogens is 390 g/mol. The summed E-state index contributed by atoms with van der Waals surface area (Å²) < 4.78 is 7.57. The number of carbonyl (C=O) groups excluding carboxylic acids is 1. The standard InChI is InChI=1S/C25H31N3O3/c1-16(2)12-13-28-21-9-7-6-8-20(21)24(25(28)30)27-26-23(29)15-31-22-14-18(5)10-11-19(22)17(3)4/h6-11,14,16-17,30H,12-13,15H2,1-5H3. The van der Waals surface area contributed by atoms with Gasteiger partial charge < -0.3 is 14.4 Å². The topological polar surface area (TPSA) is 76.2 Å². The third-order valence-electron chi connectivity index (χ3n) is 5.25. The molecule has 0 saturated heterocycles. The van der Waals surface area contributed by atoms with E-state index in [0.717, 1.165) is 28.5 Å². The first-order valence-electron chi connectivity index (χ1n) is 10.8. The van der Waals surface area contributed by atoms with Gasteiger partial charge >= 0.3 is 5.91 Å². The van der Waals surface area contributed by atoms with Gasteiger partial charge in [0, 0.05) is 11.9 Å². The molecule has 1 amide bonds. The molecule has 0 saturated carbocycles. The number of aromatic nitrogens is 1. The number of ether oxygens (including phenoxy) is 1. The van der Waals surface area contributed by atoms with Gasteiger partial charge in [0.2, 0.25) is 5.88 Å². The number of aryl methyl sites for hydroxylation is 2. The molecular formula is C25H31N3O3. The van der Waals surface area contributed by atoms with Gasteiger partial charge in [-0.15, -0.1) is 10.2 Å². The van der Waals surface area contributed by atoms with Crippen LogP contribution in [0.25, 0.3) is 10.9 Å². The molecule has 0 bridgehead atoms. The van der Waals surface area contributed by atoms with Crippen LogP contribution < -0.4 is 4.74 Å². The highest BCUT2D eigenvalue weighted by Crippen LogP contribution is 2.39. The van der Waals surface area contributed by atoms with Gasteiger partial charge in [0.25, 0.3) is 0 Å². The van der Waals surface area contributed by atoms with E-state index in [-0.39, 0.29) is 18.4 Å². The first-order valence-corrected chi connectivity index (χ1v) is 10.8. The van der Waals surface area contributed by atoms with Gasteiger partial charge in [0.1, 0.15) is 5.75 Å². The number of carbonyl (C=O) groups is 1. The zero-order chi connectivity index (χ0) is 22.5. The van der Waals surface area contributed by atoms with Gasteiger partial charge in [-0.05, 0) is 48.4 Å². The summed E-state index contributed by atoms with van der Waals surface area (Å²) >= 11 is 0. The molecule has 0 atom stereocenters. The van der Waals surface area contributed by atoms with Crippen molar-refractivity contribution in [2.24, 2.45) is 16.1 Å². The molecule has 1 heterocycles. The Bertz CT molecular complexity index is 1100. The number of para-hydroxylation sites is 1. The third kappa shape index (κ3) is 5.32. The van der Waals surface area contributed by atoms with Crippen LogP contribution in [0.1, 0.15) is 51.2 Å².